The van der Waals surface area contributed by atoms with Crippen LogP contribution in [0, 0.1) is 0 Å². The van der Waals surface area contributed by atoms with Gasteiger partial charge in [-0.15, -0.1) is 0 Å². The lowest BCUT2D eigenvalue weighted by Gasteiger charge is -2.29. The summed E-state index contributed by atoms with van der Waals surface area (Å²) in [5.41, 5.74) is 0. The van der Waals surface area contributed by atoms with E-state index in [0.717, 1.165) is 56.7 Å². The number of guanidine groups is 1. The van der Waals surface area contributed by atoms with E-state index in [1.807, 2.05) is 24.3 Å². The zero-order valence-corrected chi connectivity index (χ0v) is 18.2. The van der Waals surface area contributed by atoms with Crippen LogP contribution in [0.15, 0.2) is 46.1 Å². The number of nitrogens with one attached hydrogen (secondary N) is 2. The molecule has 29 heavy (non-hydrogen) atoms. The van der Waals surface area contributed by atoms with Crippen molar-refractivity contribution in [1.29, 1.82) is 0 Å². The number of aliphatic imine (C=N–C) groups is 1. The van der Waals surface area contributed by atoms with Gasteiger partial charge in [0, 0.05) is 38.9 Å². The fraction of sp³-hybridized carbons (Fsp3) is 0.524. The molecule has 0 saturated carbocycles. The first-order valence-electron chi connectivity index (χ1n) is 10.3. The summed E-state index contributed by atoms with van der Waals surface area (Å²) in [7, 11) is 1.80. The first kappa shape index (κ1) is 21.5. The summed E-state index contributed by atoms with van der Waals surface area (Å²) in [5, 5.41) is 7.71. The second kappa shape index (κ2) is 10.5. The minimum absolute atomic E-state index is 0.158. The highest BCUT2D eigenvalue weighted by Crippen LogP contribution is 2.26. The van der Waals surface area contributed by atoms with Gasteiger partial charge in [-0.05, 0) is 43.8 Å². The fourth-order valence-corrected chi connectivity index (χ4v) is 4.06. The van der Waals surface area contributed by atoms with E-state index in [9.17, 15) is 0 Å². The molecule has 0 bridgehead atoms. The predicted molar refractivity (Wildman–Crippen MR) is 119 cm³/mol. The van der Waals surface area contributed by atoms with Crippen molar-refractivity contribution in [3.05, 3.63) is 47.5 Å². The lowest BCUT2D eigenvalue weighted by Crippen LogP contribution is -2.47. The van der Waals surface area contributed by atoms with E-state index in [4.69, 9.17) is 16.0 Å². The van der Waals surface area contributed by atoms with Gasteiger partial charge in [-0.25, -0.2) is 4.98 Å². The molecule has 0 aliphatic carbocycles. The van der Waals surface area contributed by atoms with Crippen molar-refractivity contribution in [3.8, 4) is 0 Å². The molecule has 0 amide bonds. The third-order valence-corrected chi connectivity index (χ3v) is 5.67. The average Bonchev–Trinajstić information content (AvgIpc) is 3.43. The Labute approximate surface area is 178 Å². The van der Waals surface area contributed by atoms with Crippen molar-refractivity contribution in [2.75, 3.05) is 44.7 Å². The number of aromatic nitrogens is 1. The molecule has 2 N–H and O–H groups in total. The Kier molecular flexibility index (Phi) is 7.77. The van der Waals surface area contributed by atoms with Gasteiger partial charge in [-0.1, -0.05) is 25.4 Å². The normalized spacial score (nSPS) is 18.3. The third kappa shape index (κ3) is 5.42. The molecule has 1 aliphatic heterocycles. The standard InChI is InChI=1S/C21H31ClN6O/c1-4-27(5-2)18(19-9-7-13-29-19)14-25-21(23-3)26-16-10-12-28(15-16)20-17(22)8-6-11-24-20/h6-9,11,13,16,18H,4-5,10,12,14-15H2,1-3H3,(H2,23,25,26). The summed E-state index contributed by atoms with van der Waals surface area (Å²) in [6, 6.07) is 8.16. The molecule has 7 nitrogen and oxygen atoms in total. The lowest BCUT2D eigenvalue weighted by molar-refractivity contribution is 0.193. The number of pyridine rings is 1. The molecule has 158 valence electrons. The highest BCUT2D eigenvalue weighted by atomic mass is 35.5. The van der Waals surface area contributed by atoms with E-state index in [1.54, 1.807) is 19.5 Å². The maximum absolute atomic E-state index is 6.30. The Morgan fingerprint density at radius 3 is 2.86 bits per heavy atom. The number of rotatable bonds is 8. The Morgan fingerprint density at radius 1 is 1.38 bits per heavy atom. The minimum atomic E-state index is 0.158. The van der Waals surface area contributed by atoms with Crippen LogP contribution in [0.2, 0.25) is 5.02 Å². The first-order chi connectivity index (χ1) is 14.2. The predicted octanol–water partition coefficient (Wildman–Crippen LogP) is 3.15. The van der Waals surface area contributed by atoms with E-state index in [2.05, 4.69) is 44.3 Å². The number of furan rings is 1. The van der Waals surface area contributed by atoms with Gasteiger partial charge in [0.2, 0.25) is 0 Å². The van der Waals surface area contributed by atoms with Crippen molar-refractivity contribution >= 4 is 23.4 Å². The summed E-state index contributed by atoms with van der Waals surface area (Å²) < 4.78 is 5.69. The molecule has 2 unspecified atom stereocenters. The summed E-state index contributed by atoms with van der Waals surface area (Å²) in [5.74, 6) is 2.61. The Morgan fingerprint density at radius 2 is 2.21 bits per heavy atom. The van der Waals surface area contributed by atoms with E-state index in [0.29, 0.717) is 5.02 Å². The Hall–Kier alpha value is -2.25. The highest BCUT2D eigenvalue weighted by molar-refractivity contribution is 6.32. The number of hydrogen-bond donors (Lipinski definition) is 2. The third-order valence-electron chi connectivity index (χ3n) is 5.38. The van der Waals surface area contributed by atoms with E-state index in [-0.39, 0.29) is 12.1 Å². The van der Waals surface area contributed by atoms with Gasteiger partial charge in [0.05, 0.1) is 17.3 Å². The largest absolute Gasteiger partial charge is 0.468 e. The van der Waals surface area contributed by atoms with Gasteiger partial charge in [0.25, 0.3) is 0 Å². The number of hydrogen-bond acceptors (Lipinski definition) is 5. The zero-order chi connectivity index (χ0) is 20.6. The second-order valence-corrected chi connectivity index (χ2v) is 7.50. The van der Waals surface area contributed by atoms with Crippen molar-refractivity contribution < 1.29 is 4.42 Å². The fourth-order valence-electron chi connectivity index (χ4n) is 3.82. The van der Waals surface area contributed by atoms with E-state index >= 15 is 0 Å². The molecule has 0 aromatic carbocycles. The molecule has 2 aromatic rings. The summed E-state index contributed by atoms with van der Waals surface area (Å²) >= 11 is 6.30. The van der Waals surface area contributed by atoms with Gasteiger partial charge in [0.1, 0.15) is 11.6 Å². The van der Waals surface area contributed by atoms with Gasteiger partial charge in [0.15, 0.2) is 5.96 Å². The van der Waals surface area contributed by atoms with Crippen LogP contribution in [0.3, 0.4) is 0 Å². The van der Waals surface area contributed by atoms with Gasteiger partial charge in [-0.2, -0.15) is 0 Å². The second-order valence-electron chi connectivity index (χ2n) is 7.09. The van der Waals surface area contributed by atoms with Crippen molar-refractivity contribution in [2.24, 2.45) is 4.99 Å². The molecular weight excluding hydrogens is 388 g/mol. The Bertz CT molecular complexity index is 777. The maximum atomic E-state index is 6.30. The highest BCUT2D eigenvalue weighted by Gasteiger charge is 2.26. The molecule has 3 rings (SSSR count). The van der Waals surface area contributed by atoms with Crippen LogP contribution >= 0.6 is 11.6 Å². The summed E-state index contributed by atoms with van der Waals surface area (Å²) in [4.78, 5) is 13.4. The van der Waals surface area contributed by atoms with Gasteiger partial charge >= 0.3 is 0 Å². The van der Waals surface area contributed by atoms with E-state index in [1.165, 1.54) is 0 Å². The van der Waals surface area contributed by atoms with Crippen LogP contribution in [-0.2, 0) is 0 Å². The van der Waals surface area contributed by atoms with Crippen LogP contribution in [0.4, 0.5) is 5.82 Å². The SMILES string of the molecule is CCN(CC)C(CNC(=NC)NC1CCN(c2ncccc2Cl)C1)c1ccco1. The average molecular weight is 419 g/mol. The van der Waals surface area contributed by atoms with Crippen molar-refractivity contribution in [2.45, 2.75) is 32.4 Å². The lowest BCUT2D eigenvalue weighted by atomic mass is 10.2. The molecule has 0 spiro atoms. The minimum Gasteiger partial charge on any atom is -0.468 e. The number of likely N-dealkylation sites (N-methyl/N-ethyl adjacent to an activating group) is 1. The van der Waals surface area contributed by atoms with Gasteiger partial charge in [-0.3, -0.25) is 9.89 Å². The zero-order valence-electron chi connectivity index (χ0n) is 17.4. The quantitative estimate of drug-likeness (QED) is 0.507. The topological polar surface area (TPSA) is 68.9 Å². The molecule has 3 heterocycles. The molecule has 1 aliphatic rings. The monoisotopic (exact) mass is 418 g/mol. The molecular formula is C21H31ClN6O. The van der Waals surface area contributed by atoms with Crippen LogP contribution in [0.1, 0.15) is 32.1 Å². The number of anilines is 1. The smallest absolute Gasteiger partial charge is 0.191 e. The van der Waals surface area contributed by atoms with Crippen LogP contribution in [0.25, 0.3) is 0 Å². The Balaban J connectivity index is 1.57. The van der Waals surface area contributed by atoms with Crippen LogP contribution in [-0.4, -0.2) is 61.7 Å². The van der Waals surface area contributed by atoms with Gasteiger partial charge < -0.3 is 20.0 Å². The molecule has 0 radical (unpaired) electrons. The molecule has 1 fully saturated rings. The first-order valence-corrected chi connectivity index (χ1v) is 10.6. The van der Waals surface area contributed by atoms with Crippen LogP contribution in [0.5, 0.6) is 0 Å². The summed E-state index contributed by atoms with van der Waals surface area (Å²) in [6.45, 7) is 8.73. The molecule has 8 heteroatoms. The number of halogens is 1. The molecule has 2 atom stereocenters. The number of nitrogens with zero attached hydrogens (tertiary/aromatic N) is 4. The maximum Gasteiger partial charge on any atom is 0.191 e. The van der Waals surface area contributed by atoms with Crippen molar-refractivity contribution in [3.63, 3.8) is 0 Å². The van der Waals surface area contributed by atoms with Crippen molar-refractivity contribution in [1.82, 2.24) is 20.5 Å². The summed E-state index contributed by atoms with van der Waals surface area (Å²) in [6.07, 6.45) is 4.52. The molecule has 1 saturated heterocycles. The molecule has 2 aromatic heterocycles. The van der Waals surface area contributed by atoms with E-state index < -0.39 is 0 Å². The van der Waals surface area contributed by atoms with Crippen LogP contribution < -0.4 is 15.5 Å².